The zero-order valence-corrected chi connectivity index (χ0v) is 17.1. The van der Waals surface area contributed by atoms with Crippen molar-refractivity contribution in [2.45, 2.75) is 6.17 Å². The van der Waals surface area contributed by atoms with Crippen LogP contribution >= 0.6 is 15.9 Å². The number of nitrogens with one attached hydrogen (secondary N) is 2. The van der Waals surface area contributed by atoms with Crippen LogP contribution in [0.2, 0.25) is 0 Å². The Morgan fingerprint density at radius 1 is 1.07 bits per heavy atom. The summed E-state index contributed by atoms with van der Waals surface area (Å²) in [7, 11) is 1.60. The lowest BCUT2D eigenvalue weighted by atomic mass is 10.0. The Balaban J connectivity index is 1.72. The van der Waals surface area contributed by atoms with Crippen molar-refractivity contribution in [1.29, 1.82) is 0 Å². The first kappa shape index (κ1) is 19.0. The van der Waals surface area contributed by atoms with Gasteiger partial charge in [0.25, 0.3) is 11.8 Å². The lowest BCUT2D eigenvalue weighted by molar-refractivity contribution is 0.0491. The molecule has 3 aromatic rings. The van der Waals surface area contributed by atoms with Crippen molar-refractivity contribution >= 4 is 33.4 Å². The van der Waals surface area contributed by atoms with E-state index in [1.54, 1.807) is 37.4 Å². The van der Waals surface area contributed by atoms with Crippen molar-refractivity contribution in [3.8, 4) is 5.75 Å². The maximum absolute atomic E-state index is 13.3. The van der Waals surface area contributed by atoms with Gasteiger partial charge in [-0.15, -0.1) is 0 Å². The molecule has 3 aromatic carbocycles. The van der Waals surface area contributed by atoms with Crippen molar-refractivity contribution in [2.24, 2.45) is 0 Å². The Labute approximate surface area is 176 Å². The van der Waals surface area contributed by atoms with Gasteiger partial charge in [-0.1, -0.05) is 46.3 Å². The Kier molecular flexibility index (Phi) is 5.22. The molecule has 1 heterocycles. The molecule has 4 rings (SSSR count). The fourth-order valence-corrected chi connectivity index (χ4v) is 3.54. The maximum atomic E-state index is 13.3. The molecular formula is C22H18BrN3O3. The SMILES string of the molecule is COc1ccc(C2Nc3ccc(Br)cc3C(=O)N2NC(=O)c2ccccc2)cc1. The Morgan fingerprint density at radius 3 is 2.48 bits per heavy atom. The molecule has 7 heteroatoms. The van der Waals surface area contributed by atoms with Crippen LogP contribution in [0.4, 0.5) is 5.69 Å². The van der Waals surface area contributed by atoms with E-state index in [0.29, 0.717) is 22.6 Å². The molecule has 1 aliphatic heterocycles. The van der Waals surface area contributed by atoms with E-state index in [0.717, 1.165) is 10.0 Å². The summed E-state index contributed by atoms with van der Waals surface area (Å²) in [5.74, 6) is 0.0444. The van der Waals surface area contributed by atoms with E-state index in [4.69, 9.17) is 4.74 Å². The first-order valence-electron chi connectivity index (χ1n) is 8.96. The number of rotatable bonds is 4. The maximum Gasteiger partial charge on any atom is 0.276 e. The van der Waals surface area contributed by atoms with Crippen molar-refractivity contribution in [1.82, 2.24) is 10.4 Å². The number of amides is 2. The fourth-order valence-electron chi connectivity index (χ4n) is 3.18. The van der Waals surface area contributed by atoms with Gasteiger partial charge in [0.2, 0.25) is 0 Å². The number of halogens is 1. The van der Waals surface area contributed by atoms with Crippen LogP contribution < -0.4 is 15.5 Å². The number of hydrazine groups is 1. The van der Waals surface area contributed by atoms with Crippen molar-refractivity contribution in [3.05, 3.63) is 94.0 Å². The predicted octanol–water partition coefficient (Wildman–Crippen LogP) is 4.37. The van der Waals surface area contributed by atoms with Crippen LogP contribution in [0.3, 0.4) is 0 Å². The van der Waals surface area contributed by atoms with Gasteiger partial charge in [-0.25, -0.2) is 5.01 Å². The number of nitrogens with zero attached hydrogens (tertiary/aromatic N) is 1. The van der Waals surface area contributed by atoms with Gasteiger partial charge >= 0.3 is 0 Å². The smallest absolute Gasteiger partial charge is 0.276 e. The highest BCUT2D eigenvalue weighted by Crippen LogP contribution is 2.34. The fraction of sp³-hybridized carbons (Fsp3) is 0.0909. The van der Waals surface area contributed by atoms with Crippen LogP contribution in [0, 0.1) is 0 Å². The third kappa shape index (κ3) is 3.82. The first-order valence-corrected chi connectivity index (χ1v) is 9.76. The largest absolute Gasteiger partial charge is 0.497 e. The molecule has 0 saturated carbocycles. The van der Waals surface area contributed by atoms with Crippen LogP contribution in [0.15, 0.2) is 77.3 Å². The summed E-state index contributed by atoms with van der Waals surface area (Å²) in [5.41, 5.74) is 5.20. The standard InChI is InChI=1S/C22H18BrN3O3/c1-29-17-10-7-14(8-11-17)20-24-19-12-9-16(23)13-18(19)22(28)26(20)25-21(27)15-5-3-2-4-6-15/h2-13,20,24H,1H3,(H,25,27). The lowest BCUT2D eigenvalue weighted by Crippen LogP contribution is -2.52. The number of carbonyl (C=O) groups is 2. The van der Waals surface area contributed by atoms with Crippen LogP contribution in [0.5, 0.6) is 5.75 Å². The van der Waals surface area contributed by atoms with Crippen molar-refractivity contribution < 1.29 is 14.3 Å². The summed E-state index contributed by atoms with van der Waals surface area (Å²) in [6, 6.07) is 21.6. The minimum absolute atomic E-state index is 0.301. The number of hydrogen-bond acceptors (Lipinski definition) is 4. The number of fused-ring (bicyclic) bond motifs is 1. The molecule has 1 atom stereocenters. The van der Waals surface area contributed by atoms with Gasteiger partial charge in [0, 0.05) is 15.7 Å². The minimum Gasteiger partial charge on any atom is -0.497 e. The van der Waals surface area contributed by atoms with Gasteiger partial charge in [0.15, 0.2) is 0 Å². The molecule has 0 radical (unpaired) electrons. The predicted molar refractivity (Wildman–Crippen MR) is 114 cm³/mol. The topological polar surface area (TPSA) is 70.7 Å². The van der Waals surface area contributed by atoms with E-state index >= 15 is 0 Å². The number of methoxy groups -OCH3 is 1. The number of anilines is 1. The van der Waals surface area contributed by atoms with E-state index in [-0.39, 0.29) is 11.8 Å². The summed E-state index contributed by atoms with van der Waals surface area (Å²) in [6.07, 6.45) is -0.574. The third-order valence-corrected chi connectivity index (χ3v) is 5.16. The van der Waals surface area contributed by atoms with Gasteiger partial charge in [-0.3, -0.25) is 15.0 Å². The molecule has 29 heavy (non-hydrogen) atoms. The van der Waals surface area contributed by atoms with Gasteiger partial charge in [0.05, 0.1) is 12.7 Å². The molecule has 0 aromatic heterocycles. The molecule has 0 saturated heterocycles. The number of hydrogen-bond donors (Lipinski definition) is 2. The number of benzene rings is 3. The average Bonchev–Trinajstić information content (AvgIpc) is 2.76. The molecule has 2 amide bonds. The van der Waals surface area contributed by atoms with Gasteiger partial charge in [0.1, 0.15) is 11.9 Å². The van der Waals surface area contributed by atoms with E-state index in [9.17, 15) is 9.59 Å². The number of ether oxygens (including phenoxy) is 1. The molecule has 0 bridgehead atoms. The van der Waals surface area contributed by atoms with Gasteiger partial charge in [-0.2, -0.15) is 0 Å². The monoisotopic (exact) mass is 451 g/mol. The van der Waals surface area contributed by atoms with E-state index in [1.807, 2.05) is 42.5 Å². The highest BCUT2D eigenvalue weighted by Gasteiger charge is 2.34. The molecule has 0 aliphatic carbocycles. The highest BCUT2D eigenvalue weighted by molar-refractivity contribution is 9.10. The van der Waals surface area contributed by atoms with Crippen LogP contribution in [-0.2, 0) is 0 Å². The Hall–Kier alpha value is -3.32. The minimum atomic E-state index is -0.574. The van der Waals surface area contributed by atoms with Crippen LogP contribution in [-0.4, -0.2) is 23.9 Å². The summed E-state index contributed by atoms with van der Waals surface area (Å²) in [5, 5.41) is 4.67. The van der Waals surface area contributed by atoms with Crippen molar-refractivity contribution in [3.63, 3.8) is 0 Å². The third-order valence-electron chi connectivity index (χ3n) is 4.67. The lowest BCUT2D eigenvalue weighted by Gasteiger charge is -2.37. The molecule has 6 nitrogen and oxygen atoms in total. The van der Waals surface area contributed by atoms with E-state index in [1.165, 1.54) is 5.01 Å². The second kappa shape index (κ2) is 7.97. The summed E-state index contributed by atoms with van der Waals surface area (Å²) in [6.45, 7) is 0. The van der Waals surface area contributed by atoms with Crippen LogP contribution in [0.1, 0.15) is 32.4 Å². The molecule has 146 valence electrons. The molecular weight excluding hydrogens is 434 g/mol. The van der Waals surface area contributed by atoms with Gasteiger partial charge < -0.3 is 10.1 Å². The molecule has 0 spiro atoms. The molecule has 1 aliphatic rings. The second-order valence-corrected chi connectivity index (χ2v) is 7.41. The molecule has 2 N–H and O–H groups in total. The molecule has 0 fully saturated rings. The van der Waals surface area contributed by atoms with Crippen molar-refractivity contribution in [2.75, 3.05) is 12.4 Å². The zero-order valence-electron chi connectivity index (χ0n) is 15.6. The zero-order chi connectivity index (χ0) is 20.4. The quantitative estimate of drug-likeness (QED) is 0.617. The summed E-state index contributed by atoms with van der Waals surface area (Å²) >= 11 is 3.40. The van der Waals surface area contributed by atoms with E-state index in [2.05, 4.69) is 26.7 Å². The second-order valence-electron chi connectivity index (χ2n) is 6.49. The highest BCUT2D eigenvalue weighted by atomic mass is 79.9. The summed E-state index contributed by atoms with van der Waals surface area (Å²) in [4.78, 5) is 26.0. The Morgan fingerprint density at radius 2 is 1.79 bits per heavy atom. The van der Waals surface area contributed by atoms with E-state index < -0.39 is 6.17 Å². The summed E-state index contributed by atoms with van der Waals surface area (Å²) < 4.78 is 6.00. The number of carbonyl (C=O) groups excluding carboxylic acids is 2. The van der Waals surface area contributed by atoms with Gasteiger partial charge in [-0.05, 0) is 48.0 Å². The molecule has 1 unspecified atom stereocenters. The van der Waals surface area contributed by atoms with Crippen LogP contribution in [0.25, 0.3) is 0 Å². The Bertz CT molecular complexity index is 1050. The average molecular weight is 452 g/mol. The normalized spacial score (nSPS) is 15.3. The first-order chi connectivity index (χ1) is 14.1.